The Morgan fingerprint density at radius 1 is 0.930 bits per heavy atom. The van der Waals surface area contributed by atoms with Crippen molar-refractivity contribution in [2.75, 3.05) is 39.8 Å². The molecule has 0 aromatic heterocycles. The lowest BCUT2D eigenvalue weighted by Crippen LogP contribution is -2.50. The molecule has 2 aromatic carbocycles. The highest BCUT2D eigenvalue weighted by molar-refractivity contribution is 5.80. The van der Waals surface area contributed by atoms with Crippen LogP contribution in [0.4, 0.5) is 30.7 Å². The SMILES string of the molecule is Cc1cc(F)ccc1[C@@H]1CN(CC(=O)N2CCC(O)CC2)CC[C@H]1C(=O)N(C)Cc1cc(C(F)(F)F)cc(C(F)(F)F)c1. The molecule has 4 rings (SSSR count). The van der Waals surface area contributed by atoms with E-state index in [9.17, 15) is 45.4 Å². The number of alkyl halides is 6. The first-order valence-corrected chi connectivity index (χ1v) is 14.0. The largest absolute Gasteiger partial charge is 0.416 e. The summed E-state index contributed by atoms with van der Waals surface area (Å²) in [6, 6.07) is 5.41. The van der Waals surface area contributed by atoms with Crippen LogP contribution in [0.25, 0.3) is 0 Å². The molecule has 0 spiro atoms. The Bertz CT molecular complexity index is 1290. The van der Waals surface area contributed by atoms with Gasteiger partial charge in [-0.25, -0.2) is 4.39 Å². The van der Waals surface area contributed by atoms with Gasteiger partial charge in [0.1, 0.15) is 5.82 Å². The van der Waals surface area contributed by atoms with Crippen molar-refractivity contribution in [3.8, 4) is 0 Å². The molecule has 2 atom stereocenters. The van der Waals surface area contributed by atoms with Gasteiger partial charge in [-0.15, -0.1) is 0 Å². The third-order valence-corrected chi connectivity index (χ3v) is 8.26. The van der Waals surface area contributed by atoms with Gasteiger partial charge < -0.3 is 14.9 Å². The third-order valence-electron chi connectivity index (χ3n) is 8.26. The van der Waals surface area contributed by atoms with Crippen molar-refractivity contribution in [1.29, 1.82) is 0 Å². The number of aliphatic hydroxyl groups is 1. The van der Waals surface area contributed by atoms with Gasteiger partial charge in [-0.05, 0) is 79.8 Å². The molecule has 2 amide bonds. The zero-order valence-corrected chi connectivity index (χ0v) is 23.8. The lowest BCUT2D eigenvalue weighted by atomic mass is 9.78. The maximum absolute atomic E-state index is 13.9. The molecular formula is C30H34F7N3O3. The quantitative estimate of drug-likeness (QED) is 0.452. The van der Waals surface area contributed by atoms with E-state index < -0.39 is 59.7 Å². The molecule has 236 valence electrons. The number of aryl methyl sites for hydroxylation is 1. The van der Waals surface area contributed by atoms with E-state index in [1.165, 1.54) is 19.2 Å². The Kier molecular flexibility index (Phi) is 9.75. The van der Waals surface area contributed by atoms with Crippen LogP contribution in [0.5, 0.6) is 0 Å². The number of halogens is 7. The molecule has 2 aliphatic heterocycles. The summed E-state index contributed by atoms with van der Waals surface area (Å²) in [6.07, 6.45) is -9.22. The highest BCUT2D eigenvalue weighted by Crippen LogP contribution is 2.38. The van der Waals surface area contributed by atoms with E-state index in [0.717, 1.165) is 4.90 Å². The zero-order chi connectivity index (χ0) is 31.7. The van der Waals surface area contributed by atoms with E-state index in [2.05, 4.69) is 0 Å². The van der Waals surface area contributed by atoms with Crippen LogP contribution < -0.4 is 0 Å². The number of benzene rings is 2. The van der Waals surface area contributed by atoms with Crippen molar-refractivity contribution < 1.29 is 45.4 Å². The van der Waals surface area contributed by atoms with Gasteiger partial charge in [-0.1, -0.05) is 6.07 Å². The lowest BCUT2D eigenvalue weighted by molar-refractivity contribution is -0.143. The summed E-state index contributed by atoms with van der Waals surface area (Å²) in [7, 11) is 1.32. The average Bonchev–Trinajstić information content (AvgIpc) is 2.92. The van der Waals surface area contributed by atoms with Crippen molar-refractivity contribution in [3.05, 3.63) is 70.0 Å². The van der Waals surface area contributed by atoms with Crippen molar-refractivity contribution in [2.24, 2.45) is 5.92 Å². The first-order valence-electron chi connectivity index (χ1n) is 14.0. The third kappa shape index (κ3) is 8.05. The maximum atomic E-state index is 13.9. The van der Waals surface area contributed by atoms with Crippen LogP contribution in [0.1, 0.15) is 53.0 Å². The Labute approximate surface area is 245 Å². The van der Waals surface area contributed by atoms with Gasteiger partial charge in [0.15, 0.2) is 0 Å². The number of piperidine rings is 2. The monoisotopic (exact) mass is 617 g/mol. The van der Waals surface area contributed by atoms with Gasteiger partial charge in [0.05, 0.1) is 23.8 Å². The topological polar surface area (TPSA) is 64.1 Å². The number of rotatable bonds is 6. The summed E-state index contributed by atoms with van der Waals surface area (Å²) in [5.41, 5.74) is -1.98. The summed E-state index contributed by atoms with van der Waals surface area (Å²) in [4.78, 5) is 31.4. The van der Waals surface area contributed by atoms with Crippen LogP contribution in [-0.2, 0) is 28.5 Å². The first-order chi connectivity index (χ1) is 20.0. The summed E-state index contributed by atoms with van der Waals surface area (Å²) in [5, 5.41) is 9.74. The van der Waals surface area contributed by atoms with E-state index in [1.807, 2.05) is 4.90 Å². The van der Waals surface area contributed by atoms with Crippen LogP contribution in [0.3, 0.4) is 0 Å². The van der Waals surface area contributed by atoms with Gasteiger partial charge in [0, 0.05) is 45.1 Å². The molecular weight excluding hydrogens is 583 g/mol. The molecule has 2 fully saturated rings. The van der Waals surface area contributed by atoms with Crippen molar-refractivity contribution in [1.82, 2.24) is 14.7 Å². The van der Waals surface area contributed by atoms with Crippen LogP contribution in [0.15, 0.2) is 36.4 Å². The number of carbonyl (C=O) groups is 2. The Hall–Kier alpha value is -3.19. The molecule has 0 radical (unpaired) electrons. The first kappa shape index (κ1) is 32.7. The molecule has 2 heterocycles. The number of carbonyl (C=O) groups excluding carboxylic acids is 2. The van der Waals surface area contributed by atoms with Gasteiger partial charge in [0.25, 0.3) is 0 Å². The minimum atomic E-state index is -5.01. The fourth-order valence-electron chi connectivity index (χ4n) is 5.98. The van der Waals surface area contributed by atoms with Crippen molar-refractivity contribution in [3.63, 3.8) is 0 Å². The average molecular weight is 618 g/mol. The number of hydrogen-bond donors (Lipinski definition) is 1. The number of aliphatic hydroxyl groups excluding tert-OH is 1. The Morgan fingerprint density at radius 3 is 2.09 bits per heavy atom. The van der Waals surface area contributed by atoms with E-state index >= 15 is 0 Å². The van der Waals surface area contributed by atoms with Crippen molar-refractivity contribution in [2.45, 2.75) is 57.1 Å². The van der Waals surface area contributed by atoms with Crippen LogP contribution in [0, 0.1) is 18.7 Å². The molecule has 1 N–H and O–H groups in total. The fourth-order valence-corrected chi connectivity index (χ4v) is 5.98. The maximum Gasteiger partial charge on any atom is 0.416 e. The molecule has 6 nitrogen and oxygen atoms in total. The summed E-state index contributed by atoms with van der Waals surface area (Å²) >= 11 is 0. The predicted octanol–water partition coefficient (Wildman–Crippen LogP) is 5.22. The van der Waals surface area contributed by atoms with E-state index in [1.54, 1.807) is 17.9 Å². The number of hydrogen-bond acceptors (Lipinski definition) is 4. The van der Waals surface area contributed by atoms with E-state index in [0.29, 0.717) is 55.7 Å². The molecule has 43 heavy (non-hydrogen) atoms. The van der Waals surface area contributed by atoms with E-state index in [4.69, 9.17) is 0 Å². The smallest absolute Gasteiger partial charge is 0.393 e. The van der Waals surface area contributed by atoms with Crippen LogP contribution in [-0.4, -0.2) is 77.5 Å². The normalized spacial score (nSPS) is 20.7. The lowest BCUT2D eigenvalue weighted by Gasteiger charge is -2.40. The molecule has 0 unspecified atom stereocenters. The summed E-state index contributed by atoms with van der Waals surface area (Å²) < 4.78 is 94.2. The highest BCUT2D eigenvalue weighted by Gasteiger charge is 2.40. The van der Waals surface area contributed by atoms with Gasteiger partial charge >= 0.3 is 12.4 Å². The Morgan fingerprint density at radius 2 is 1.53 bits per heavy atom. The van der Waals surface area contributed by atoms with Gasteiger partial charge in [-0.2, -0.15) is 26.3 Å². The summed E-state index contributed by atoms with van der Waals surface area (Å²) in [5.74, 6) is -2.28. The minimum Gasteiger partial charge on any atom is -0.393 e. The fraction of sp³-hybridized carbons (Fsp3) is 0.533. The molecule has 13 heteroatoms. The molecule has 2 aromatic rings. The molecule has 0 aliphatic carbocycles. The standard InChI is InChI=1S/C30H34F7N3O3/c1-18-11-22(31)3-4-24(18)26-16-39(17-27(42)40-9-5-23(41)6-10-40)8-7-25(26)28(43)38(2)15-19-12-20(29(32,33)34)14-21(13-19)30(35,36)37/h3-4,11-14,23,25-26,41H,5-10,15-17H2,1-2H3/t25-,26+/m1/s1. The molecule has 2 aliphatic rings. The second-order valence-corrected chi connectivity index (χ2v) is 11.5. The minimum absolute atomic E-state index is 0.0434. The summed E-state index contributed by atoms with van der Waals surface area (Å²) in [6.45, 7) is 2.77. The Balaban J connectivity index is 1.55. The molecule has 2 saturated heterocycles. The molecule has 0 saturated carbocycles. The number of likely N-dealkylation sites (tertiary alicyclic amines) is 2. The van der Waals surface area contributed by atoms with Crippen LogP contribution in [0.2, 0.25) is 0 Å². The van der Waals surface area contributed by atoms with E-state index in [-0.39, 0.29) is 37.0 Å². The zero-order valence-electron chi connectivity index (χ0n) is 23.8. The van der Waals surface area contributed by atoms with Gasteiger partial charge in [0.2, 0.25) is 11.8 Å². The molecule has 0 bridgehead atoms. The van der Waals surface area contributed by atoms with Crippen LogP contribution >= 0.6 is 0 Å². The second kappa shape index (κ2) is 12.8. The highest BCUT2D eigenvalue weighted by atomic mass is 19.4. The predicted molar refractivity (Wildman–Crippen MR) is 143 cm³/mol. The van der Waals surface area contributed by atoms with Crippen molar-refractivity contribution >= 4 is 11.8 Å². The second-order valence-electron chi connectivity index (χ2n) is 11.5. The number of amides is 2. The van der Waals surface area contributed by atoms with Gasteiger partial charge in [-0.3, -0.25) is 14.5 Å². The number of nitrogens with zero attached hydrogens (tertiary/aromatic N) is 3.